The van der Waals surface area contributed by atoms with Crippen LogP contribution in [-0.2, 0) is 24.2 Å². The summed E-state index contributed by atoms with van der Waals surface area (Å²) in [6.07, 6.45) is 8.86. The molecule has 13 heteroatoms. The molecule has 0 amide bonds. The highest BCUT2D eigenvalue weighted by molar-refractivity contribution is 7.94. The van der Waals surface area contributed by atoms with Gasteiger partial charge in [-0.1, -0.05) is 56.1 Å². The zero-order chi connectivity index (χ0) is 37.5. The van der Waals surface area contributed by atoms with E-state index in [4.69, 9.17) is 19.1 Å². The minimum absolute atomic E-state index is 0.0741. The van der Waals surface area contributed by atoms with E-state index in [9.17, 15) is 13.2 Å². The first kappa shape index (κ1) is 41.3. The van der Waals surface area contributed by atoms with Crippen LogP contribution in [0.5, 0.6) is 0 Å². The molecular formula is C39H54N3O8S2+. The molecule has 1 aliphatic heterocycles. The number of carboxylic acids is 1. The topological polar surface area (TPSA) is 142 Å². The minimum atomic E-state index is -3.84. The molecule has 11 nitrogen and oxygen atoms in total. The second-order valence-corrected chi connectivity index (χ2v) is 15.3. The van der Waals surface area contributed by atoms with E-state index in [1.165, 1.54) is 6.07 Å². The summed E-state index contributed by atoms with van der Waals surface area (Å²) in [5, 5.41) is 23.7. The number of fused-ring (bicyclic) bond motifs is 2. The van der Waals surface area contributed by atoms with Gasteiger partial charge in [-0.2, -0.15) is 0 Å². The largest absolute Gasteiger partial charge is 0.481 e. The molecule has 0 saturated heterocycles. The van der Waals surface area contributed by atoms with Gasteiger partial charge in [0.15, 0.2) is 0 Å². The number of benzene rings is 3. The lowest BCUT2D eigenvalue weighted by molar-refractivity contribution is -0.432. The Morgan fingerprint density at radius 3 is 2.13 bits per heavy atom. The van der Waals surface area contributed by atoms with E-state index in [0.29, 0.717) is 28.3 Å². The summed E-state index contributed by atoms with van der Waals surface area (Å²) in [6.45, 7) is 12.2. The zero-order valence-electron chi connectivity index (χ0n) is 30.9. The molecule has 4 rings (SSSR count). The number of nitrogens with zero attached hydrogens (tertiary/aromatic N) is 2. The van der Waals surface area contributed by atoms with Gasteiger partial charge < -0.3 is 14.4 Å². The third kappa shape index (κ3) is 11.0. The molecule has 0 radical (unpaired) electrons. The molecule has 0 unspecified atom stereocenters. The van der Waals surface area contributed by atoms with Gasteiger partial charge in [0.25, 0.3) is 0 Å². The van der Waals surface area contributed by atoms with Crippen molar-refractivity contribution < 1.29 is 37.4 Å². The highest BCUT2D eigenvalue weighted by Crippen LogP contribution is 2.44. The molecule has 0 saturated carbocycles. The van der Waals surface area contributed by atoms with Crippen molar-refractivity contribution in [2.75, 3.05) is 37.6 Å². The van der Waals surface area contributed by atoms with Gasteiger partial charge in [0.05, 0.1) is 23.0 Å². The first-order chi connectivity index (χ1) is 25.2. The molecule has 0 bridgehead atoms. The molecule has 3 N–H and O–H groups in total. The fraction of sp³-hybridized carbons (Fsp3) is 0.487. The quantitative estimate of drug-likeness (QED) is 0.0168. The van der Waals surface area contributed by atoms with Crippen molar-refractivity contribution in [3.05, 3.63) is 60.0 Å². The van der Waals surface area contributed by atoms with Crippen molar-refractivity contribution in [2.45, 2.75) is 102 Å². The second kappa shape index (κ2) is 20.7. The number of carbonyl (C=O) groups is 1. The fourth-order valence-electron chi connectivity index (χ4n) is 6.65. The molecule has 2 aromatic rings. The predicted molar refractivity (Wildman–Crippen MR) is 208 cm³/mol. The van der Waals surface area contributed by atoms with E-state index in [2.05, 4.69) is 59.1 Å². The van der Waals surface area contributed by atoms with Gasteiger partial charge in [-0.25, -0.2) is 23.0 Å². The third-order valence-corrected chi connectivity index (χ3v) is 11.6. The Morgan fingerprint density at radius 1 is 0.846 bits per heavy atom. The lowest BCUT2D eigenvalue weighted by Crippen LogP contribution is -2.29. The summed E-state index contributed by atoms with van der Waals surface area (Å²) in [7, 11) is -3.84. The maximum absolute atomic E-state index is 13.4. The summed E-state index contributed by atoms with van der Waals surface area (Å²) < 4.78 is 43.4. The first-order valence-corrected chi connectivity index (χ1v) is 20.7. The van der Waals surface area contributed by atoms with Gasteiger partial charge in [0.1, 0.15) is 24.4 Å². The lowest BCUT2D eigenvalue weighted by Gasteiger charge is -2.22. The minimum Gasteiger partial charge on any atom is -0.481 e. The molecule has 1 heterocycles. The van der Waals surface area contributed by atoms with Crippen LogP contribution in [-0.4, -0.2) is 57.5 Å². The maximum Gasteiger partial charge on any atom is 0.303 e. The molecule has 0 aromatic heterocycles. The number of nitrogens with one attached hydrogen (secondary N) is 1. The van der Waals surface area contributed by atoms with Crippen LogP contribution in [0.15, 0.2) is 68.8 Å². The summed E-state index contributed by atoms with van der Waals surface area (Å²) in [5.74, 6) is -0.0503. The molecule has 0 spiro atoms. The molecule has 284 valence electrons. The SMILES string of the molecule is CCN(CC)c1ccc2c(-c3ccc(S(=O)(=O)NCCCCCCCCCCCC(=O)O)cc3SOOO)c3ccc(=[N+](CC)CC)cc-3oc2c1. The summed E-state index contributed by atoms with van der Waals surface area (Å²) in [5.41, 5.74) is 4.11. The van der Waals surface area contributed by atoms with Gasteiger partial charge >= 0.3 is 5.97 Å². The van der Waals surface area contributed by atoms with Crippen LogP contribution >= 0.6 is 12.0 Å². The number of hydrogen-bond acceptors (Lipinski definition) is 9. The van der Waals surface area contributed by atoms with E-state index >= 15 is 0 Å². The number of carboxylic acid groups (broad SMARTS) is 1. The van der Waals surface area contributed by atoms with Crippen molar-refractivity contribution in [1.82, 2.24) is 9.30 Å². The number of aliphatic carboxylic acids is 1. The van der Waals surface area contributed by atoms with E-state index in [1.807, 2.05) is 24.3 Å². The normalized spacial score (nSPS) is 11.8. The van der Waals surface area contributed by atoms with Crippen molar-refractivity contribution in [3.8, 4) is 22.5 Å². The van der Waals surface area contributed by atoms with Gasteiger partial charge in [0.2, 0.25) is 15.4 Å². The number of unbranched alkanes of at least 4 members (excludes halogenated alkanes) is 8. The Balaban J connectivity index is 1.60. The maximum atomic E-state index is 13.4. The number of rotatable bonds is 23. The van der Waals surface area contributed by atoms with Gasteiger partial charge in [-0.15, -0.1) is 4.33 Å². The molecule has 0 atom stereocenters. The van der Waals surface area contributed by atoms with E-state index in [0.717, 1.165) is 124 Å². The second-order valence-electron chi connectivity index (χ2n) is 12.8. The molecule has 2 aromatic carbocycles. The van der Waals surface area contributed by atoms with Crippen molar-refractivity contribution in [2.24, 2.45) is 0 Å². The number of hydrogen-bond donors (Lipinski definition) is 3. The van der Waals surface area contributed by atoms with E-state index in [-0.39, 0.29) is 11.3 Å². The highest BCUT2D eigenvalue weighted by Gasteiger charge is 2.24. The molecular weight excluding hydrogens is 703 g/mol. The van der Waals surface area contributed by atoms with E-state index in [1.54, 1.807) is 12.1 Å². The zero-order valence-corrected chi connectivity index (χ0v) is 32.5. The van der Waals surface area contributed by atoms with E-state index < -0.39 is 16.0 Å². The Morgan fingerprint density at radius 2 is 1.50 bits per heavy atom. The Hall–Kier alpha value is -3.46. The third-order valence-electron chi connectivity index (χ3n) is 9.49. The molecule has 52 heavy (non-hydrogen) atoms. The summed E-state index contributed by atoms with van der Waals surface area (Å²) in [6, 6.07) is 17.2. The molecule has 2 aliphatic rings. The average Bonchev–Trinajstić information content (AvgIpc) is 3.14. The van der Waals surface area contributed by atoms with Crippen LogP contribution in [0.1, 0.15) is 91.9 Å². The Kier molecular flexibility index (Phi) is 16.4. The molecule has 1 aliphatic carbocycles. The Labute approximate surface area is 312 Å². The van der Waals surface area contributed by atoms with Crippen LogP contribution in [0.25, 0.3) is 33.4 Å². The molecule has 0 fully saturated rings. The Bertz CT molecular complexity index is 1900. The lowest BCUT2D eigenvalue weighted by atomic mass is 9.93. The van der Waals surface area contributed by atoms with Gasteiger partial charge in [0, 0.05) is 65.3 Å². The van der Waals surface area contributed by atoms with Crippen LogP contribution in [0.3, 0.4) is 0 Å². The summed E-state index contributed by atoms with van der Waals surface area (Å²) >= 11 is 0.729. The predicted octanol–water partition coefficient (Wildman–Crippen LogP) is 8.56. The van der Waals surface area contributed by atoms with Crippen LogP contribution < -0.4 is 19.6 Å². The first-order valence-electron chi connectivity index (χ1n) is 18.5. The van der Waals surface area contributed by atoms with Crippen LogP contribution in [0.4, 0.5) is 5.69 Å². The highest BCUT2D eigenvalue weighted by atomic mass is 32.2. The van der Waals surface area contributed by atoms with Gasteiger partial charge in [-0.3, -0.25) is 4.79 Å². The fourth-order valence-corrected chi connectivity index (χ4v) is 8.37. The number of sulfonamides is 1. The number of anilines is 1. The van der Waals surface area contributed by atoms with Gasteiger partial charge in [-0.05, 0) is 76.4 Å². The smallest absolute Gasteiger partial charge is 0.303 e. The van der Waals surface area contributed by atoms with Crippen molar-refractivity contribution in [1.29, 1.82) is 0 Å². The van der Waals surface area contributed by atoms with Crippen LogP contribution in [0, 0.1) is 0 Å². The monoisotopic (exact) mass is 756 g/mol. The van der Waals surface area contributed by atoms with Crippen molar-refractivity contribution >= 4 is 44.7 Å². The van der Waals surface area contributed by atoms with Crippen LogP contribution in [0.2, 0.25) is 0 Å². The standard InChI is InChI=1S/C39H53N3O8S2/c1-5-41(6-2)29-19-22-32-35(26-29)48-36-27-30(42(7-3)8-4)20-23-33(36)39(32)34-24-21-31(28-37(34)51-50-49-45)52(46,47)40-25-17-15-13-11-9-10-12-14-16-18-38(43)44/h19-24,26-28,40H,5-18,25H2,1-4H3,(H-,43,44,45)/p+1. The summed E-state index contributed by atoms with van der Waals surface area (Å²) in [4.78, 5) is 13.4. The average molecular weight is 757 g/mol. The van der Waals surface area contributed by atoms with Crippen molar-refractivity contribution in [3.63, 3.8) is 0 Å².